The van der Waals surface area contributed by atoms with E-state index in [0.29, 0.717) is 0 Å². The molecule has 0 saturated heterocycles. The standard InChI is InChI=1S/C17H33N3S/c1-7-9-10-12-20(6)16-19-15(17(3,4)5)14(21-16)13-18-11-8-2/h18H,7-13H2,1-6H3. The first-order chi connectivity index (χ1) is 9.90. The van der Waals surface area contributed by atoms with Crippen LogP contribution in [0.2, 0.25) is 0 Å². The van der Waals surface area contributed by atoms with Crippen LogP contribution >= 0.6 is 11.3 Å². The number of thiazole rings is 1. The number of anilines is 1. The quantitative estimate of drug-likeness (QED) is 0.677. The maximum absolute atomic E-state index is 4.94. The van der Waals surface area contributed by atoms with Crippen molar-refractivity contribution in [3.05, 3.63) is 10.6 Å². The fourth-order valence-electron chi connectivity index (χ4n) is 2.28. The van der Waals surface area contributed by atoms with Crippen LogP contribution in [-0.2, 0) is 12.0 Å². The largest absolute Gasteiger partial charge is 0.351 e. The zero-order valence-electron chi connectivity index (χ0n) is 14.8. The van der Waals surface area contributed by atoms with Gasteiger partial charge in [0.2, 0.25) is 0 Å². The van der Waals surface area contributed by atoms with Crippen molar-refractivity contribution in [2.45, 2.75) is 72.3 Å². The first-order valence-electron chi connectivity index (χ1n) is 8.32. The van der Waals surface area contributed by atoms with Crippen molar-refractivity contribution in [3.63, 3.8) is 0 Å². The zero-order valence-corrected chi connectivity index (χ0v) is 15.6. The molecular formula is C17H33N3S. The van der Waals surface area contributed by atoms with Crippen LogP contribution in [0.4, 0.5) is 5.13 Å². The number of hydrogen-bond donors (Lipinski definition) is 1. The molecule has 1 aromatic heterocycles. The zero-order chi connectivity index (χ0) is 15.9. The Morgan fingerprint density at radius 1 is 1.14 bits per heavy atom. The Morgan fingerprint density at radius 3 is 2.43 bits per heavy atom. The summed E-state index contributed by atoms with van der Waals surface area (Å²) >= 11 is 1.86. The summed E-state index contributed by atoms with van der Waals surface area (Å²) in [6, 6.07) is 0. The molecule has 0 bridgehead atoms. The number of unbranched alkanes of at least 4 members (excludes halogenated alkanes) is 2. The van der Waals surface area contributed by atoms with E-state index in [1.807, 2.05) is 11.3 Å². The molecule has 0 aliphatic heterocycles. The highest BCUT2D eigenvalue weighted by atomic mass is 32.1. The minimum Gasteiger partial charge on any atom is -0.351 e. The second kappa shape index (κ2) is 8.74. The average molecular weight is 312 g/mol. The molecule has 1 rings (SSSR count). The lowest BCUT2D eigenvalue weighted by atomic mass is 9.91. The third-order valence-electron chi connectivity index (χ3n) is 3.53. The van der Waals surface area contributed by atoms with Gasteiger partial charge in [-0.25, -0.2) is 4.98 Å². The molecule has 0 spiro atoms. The average Bonchev–Trinajstić information content (AvgIpc) is 2.83. The number of nitrogens with one attached hydrogen (secondary N) is 1. The Hall–Kier alpha value is -0.610. The molecule has 0 amide bonds. The monoisotopic (exact) mass is 311 g/mol. The molecule has 0 saturated carbocycles. The lowest BCUT2D eigenvalue weighted by molar-refractivity contribution is 0.558. The molecule has 0 fully saturated rings. The molecule has 0 aliphatic carbocycles. The Labute approximate surface area is 135 Å². The normalized spacial score (nSPS) is 11.9. The third-order valence-corrected chi connectivity index (χ3v) is 4.70. The van der Waals surface area contributed by atoms with Crippen molar-refractivity contribution in [1.29, 1.82) is 0 Å². The predicted molar refractivity (Wildman–Crippen MR) is 95.6 cm³/mol. The first-order valence-corrected chi connectivity index (χ1v) is 9.13. The summed E-state index contributed by atoms with van der Waals surface area (Å²) < 4.78 is 0. The maximum Gasteiger partial charge on any atom is 0.185 e. The predicted octanol–water partition coefficient (Wildman–Crippen LogP) is 4.57. The molecule has 1 N–H and O–H groups in total. The van der Waals surface area contributed by atoms with Crippen LogP contribution in [-0.4, -0.2) is 25.1 Å². The Morgan fingerprint density at radius 2 is 1.86 bits per heavy atom. The lowest BCUT2D eigenvalue weighted by Crippen LogP contribution is -2.20. The Bertz CT molecular complexity index is 407. The molecule has 0 radical (unpaired) electrons. The molecule has 1 heterocycles. The van der Waals surface area contributed by atoms with E-state index in [9.17, 15) is 0 Å². The highest BCUT2D eigenvalue weighted by molar-refractivity contribution is 7.15. The number of aromatic nitrogens is 1. The van der Waals surface area contributed by atoms with Gasteiger partial charge in [-0.05, 0) is 19.4 Å². The molecule has 0 atom stereocenters. The molecular weight excluding hydrogens is 278 g/mol. The van der Waals surface area contributed by atoms with Crippen LogP contribution in [0.3, 0.4) is 0 Å². The number of rotatable bonds is 9. The summed E-state index contributed by atoms with van der Waals surface area (Å²) in [6.45, 7) is 14.3. The fraction of sp³-hybridized carbons (Fsp3) is 0.824. The Balaban J connectivity index is 2.81. The minimum absolute atomic E-state index is 0.113. The van der Waals surface area contributed by atoms with Crippen molar-refractivity contribution < 1.29 is 0 Å². The second-order valence-corrected chi connectivity index (χ2v) is 7.89. The van der Waals surface area contributed by atoms with Gasteiger partial charge in [-0.2, -0.15) is 0 Å². The van der Waals surface area contributed by atoms with Crippen LogP contribution in [0.15, 0.2) is 0 Å². The van der Waals surface area contributed by atoms with E-state index in [-0.39, 0.29) is 5.41 Å². The number of nitrogens with zero attached hydrogens (tertiary/aromatic N) is 2. The van der Waals surface area contributed by atoms with Gasteiger partial charge in [0.05, 0.1) is 5.69 Å². The van der Waals surface area contributed by atoms with Crippen molar-refractivity contribution in [1.82, 2.24) is 10.3 Å². The van der Waals surface area contributed by atoms with Gasteiger partial charge in [0.25, 0.3) is 0 Å². The molecule has 4 heteroatoms. The molecule has 0 aromatic carbocycles. The van der Waals surface area contributed by atoms with Gasteiger partial charge in [-0.15, -0.1) is 11.3 Å². The van der Waals surface area contributed by atoms with Crippen molar-refractivity contribution in [2.75, 3.05) is 25.0 Å². The third kappa shape index (κ3) is 5.95. The second-order valence-electron chi connectivity index (χ2n) is 6.82. The molecule has 122 valence electrons. The van der Waals surface area contributed by atoms with E-state index < -0.39 is 0 Å². The van der Waals surface area contributed by atoms with Gasteiger partial charge in [0.15, 0.2) is 5.13 Å². The maximum atomic E-state index is 4.94. The van der Waals surface area contributed by atoms with Gasteiger partial charge < -0.3 is 10.2 Å². The topological polar surface area (TPSA) is 28.2 Å². The van der Waals surface area contributed by atoms with E-state index in [1.165, 1.54) is 41.4 Å². The van der Waals surface area contributed by atoms with Gasteiger partial charge in [0.1, 0.15) is 0 Å². The summed E-state index contributed by atoms with van der Waals surface area (Å²) in [7, 11) is 2.17. The van der Waals surface area contributed by atoms with Crippen molar-refractivity contribution in [2.24, 2.45) is 0 Å². The summed E-state index contributed by atoms with van der Waals surface area (Å²) in [5, 5.41) is 4.69. The van der Waals surface area contributed by atoms with E-state index in [2.05, 4.69) is 51.9 Å². The molecule has 3 nitrogen and oxygen atoms in total. The summed E-state index contributed by atoms with van der Waals surface area (Å²) in [5.74, 6) is 0. The minimum atomic E-state index is 0.113. The number of hydrogen-bond acceptors (Lipinski definition) is 4. The summed E-state index contributed by atoms with van der Waals surface area (Å²) in [6.07, 6.45) is 4.99. The van der Waals surface area contributed by atoms with Crippen LogP contribution in [0.5, 0.6) is 0 Å². The SMILES string of the molecule is CCCCCN(C)c1nc(C(C)(C)C)c(CNCCC)s1. The molecule has 0 unspecified atom stereocenters. The van der Waals surface area contributed by atoms with E-state index in [4.69, 9.17) is 4.98 Å². The Kier molecular flexibility index (Phi) is 7.67. The molecule has 21 heavy (non-hydrogen) atoms. The van der Waals surface area contributed by atoms with Gasteiger partial charge in [-0.3, -0.25) is 0 Å². The van der Waals surface area contributed by atoms with E-state index >= 15 is 0 Å². The van der Waals surface area contributed by atoms with Crippen LogP contribution in [0, 0.1) is 0 Å². The fourth-order valence-corrected chi connectivity index (χ4v) is 3.51. The van der Waals surface area contributed by atoms with Gasteiger partial charge >= 0.3 is 0 Å². The summed E-state index contributed by atoms with van der Waals surface area (Å²) in [5.41, 5.74) is 1.37. The summed E-state index contributed by atoms with van der Waals surface area (Å²) in [4.78, 5) is 8.66. The van der Waals surface area contributed by atoms with Crippen LogP contribution in [0.25, 0.3) is 0 Å². The van der Waals surface area contributed by atoms with E-state index in [0.717, 1.165) is 19.6 Å². The first kappa shape index (κ1) is 18.4. The van der Waals surface area contributed by atoms with Crippen molar-refractivity contribution >= 4 is 16.5 Å². The molecule has 0 aliphatic rings. The molecule has 1 aromatic rings. The highest BCUT2D eigenvalue weighted by Crippen LogP contribution is 2.33. The smallest absolute Gasteiger partial charge is 0.185 e. The lowest BCUT2D eigenvalue weighted by Gasteiger charge is -2.18. The van der Waals surface area contributed by atoms with Crippen molar-refractivity contribution in [3.8, 4) is 0 Å². The highest BCUT2D eigenvalue weighted by Gasteiger charge is 2.24. The van der Waals surface area contributed by atoms with Crippen LogP contribution in [0.1, 0.15) is 70.9 Å². The van der Waals surface area contributed by atoms with E-state index in [1.54, 1.807) is 0 Å². The van der Waals surface area contributed by atoms with Crippen LogP contribution < -0.4 is 10.2 Å². The van der Waals surface area contributed by atoms with Gasteiger partial charge in [0, 0.05) is 30.4 Å². The van der Waals surface area contributed by atoms with Gasteiger partial charge in [-0.1, -0.05) is 47.5 Å².